The number of allylic oxidation sites excluding steroid dienone is 1. The number of halogens is 2. The summed E-state index contributed by atoms with van der Waals surface area (Å²) in [5, 5.41) is 3.54. The second-order valence-corrected chi connectivity index (χ2v) is 6.34. The van der Waals surface area contributed by atoms with Crippen LogP contribution in [0.25, 0.3) is 0 Å². The number of esters is 1. The Labute approximate surface area is 162 Å². The second-order valence-electron chi connectivity index (χ2n) is 5.54. The van der Waals surface area contributed by atoms with Gasteiger partial charge in [-0.25, -0.2) is 9.18 Å². The van der Waals surface area contributed by atoms with Gasteiger partial charge in [0.1, 0.15) is 12.4 Å². The van der Waals surface area contributed by atoms with Gasteiger partial charge >= 0.3 is 5.97 Å². The number of ether oxygens (including phenoxy) is 2. The number of carbonyl (C=O) groups excluding carboxylic acids is 1. The molecule has 1 aromatic carbocycles. The van der Waals surface area contributed by atoms with Crippen molar-refractivity contribution in [1.82, 2.24) is 10.2 Å². The Balaban J connectivity index is 2.52. The third-order valence-corrected chi connectivity index (χ3v) is 4.60. The molecule has 0 aliphatic carbocycles. The lowest BCUT2D eigenvalue weighted by molar-refractivity contribution is -0.140. The minimum absolute atomic E-state index is 0.0791. The van der Waals surface area contributed by atoms with Gasteiger partial charge in [0.25, 0.3) is 0 Å². The van der Waals surface area contributed by atoms with E-state index in [1.54, 1.807) is 24.0 Å². The lowest BCUT2D eigenvalue weighted by Gasteiger charge is -2.37. The number of rotatable bonds is 7. The van der Waals surface area contributed by atoms with Gasteiger partial charge in [-0.15, -0.1) is 6.58 Å². The molecule has 1 atom stereocenters. The standard InChI is InChI=1S/C18H20ClFN2O3S/c1-4-8-22-11(2)14(17(23)25-10-9-24-3)16(21-18(22)26)15-12(19)6-5-7-13(15)20/h4-7,16H,1,8-10H2,2-3H3,(H,21,26)/t16-/m1/s1. The van der Waals surface area contributed by atoms with Crippen molar-refractivity contribution in [1.29, 1.82) is 0 Å². The summed E-state index contributed by atoms with van der Waals surface area (Å²) in [6.45, 7) is 6.15. The van der Waals surface area contributed by atoms with Gasteiger partial charge in [-0.1, -0.05) is 23.7 Å². The zero-order valence-electron chi connectivity index (χ0n) is 14.6. The van der Waals surface area contributed by atoms with Gasteiger partial charge < -0.3 is 19.7 Å². The van der Waals surface area contributed by atoms with Crippen LogP contribution in [0.1, 0.15) is 18.5 Å². The maximum atomic E-state index is 14.5. The third kappa shape index (κ3) is 4.23. The van der Waals surface area contributed by atoms with Crippen molar-refractivity contribution in [2.45, 2.75) is 13.0 Å². The number of nitrogens with zero attached hydrogens (tertiary/aromatic N) is 1. The fourth-order valence-corrected chi connectivity index (χ4v) is 3.29. The second kappa shape index (κ2) is 9.12. The smallest absolute Gasteiger partial charge is 0.338 e. The Hall–Kier alpha value is -1.96. The summed E-state index contributed by atoms with van der Waals surface area (Å²) >= 11 is 11.6. The molecule has 0 bridgehead atoms. The van der Waals surface area contributed by atoms with Crippen molar-refractivity contribution in [3.05, 3.63) is 58.5 Å². The average molecular weight is 399 g/mol. The fourth-order valence-electron chi connectivity index (χ4n) is 2.69. The Bertz CT molecular complexity index is 734. The van der Waals surface area contributed by atoms with Gasteiger partial charge in [-0.3, -0.25) is 0 Å². The van der Waals surface area contributed by atoms with Crippen LogP contribution in [0.15, 0.2) is 42.1 Å². The summed E-state index contributed by atoms with van der Waals surface area (Å²) < 4.78 is 24.6. The quantitative estimate of drug-likeness (QED) is 0.329. The Kier molecular flexibility index (Phi) is 7.14. The molecule has 1 aliphatic rings. The van der Waals surface area contributed by atoms with E-state index >= 15 is 0 Å². The summed E-state index contributed by atoms with van der Waals surface area (Å²) in [5.74, 6) is -1.13. The molecule has 1 heterocycles. The van der Waals surface area contributed by atoms with Gasteiger partial charge in [0.2, 0.25) is 0 Å². The molecule has 140 valence electrons. The highest BCUT2D eigenvalue weighted by Crippen LogP contribution is 2.36. The first kappa shape index (κ1) is 20.4. The molecule has 1 aliphatic heterocycles. The van der Waals surface area contributed by atoms with Crippen LogP contribution in [0.3, 0.4) is 0 Å². The molecule has 0 saturated carbocycles. The van der Waals surface area contributed by atoms with Crippen LogP contribution >= 0.6 is 23.8 Å². The number of thiocarbonyl (C=S) groups is 1. The van der Waals surface area contributed by atoms with E-state index in [4.69, 9.17) is 33.3 Å². The van der Waals surface area contributed by atoms with E-state index in [1.165, 1.54) is 19.2 Å². The predicted octanol–water partition coefficient (Wildman–Crippen LogP) is 3.36. The van der Waals surface area contributed by atoms with Crippen LogP contribution in [0, 0.1) is 5.82 Å². The maximum absolute atomic E-state index is 14.5. The number of methoxy groups -OCH3 is 1. The highest BCUT2D eigenvalue weighted by Gasteiger charge is 2.36. The summed E-state index contributed by atoms with van der Waals surface area (Å²) in [5.41, 5.74) is 0.941. The molecule has 8 heteroatoms. The van der Waals surface area contributed by atoms with E-state index in [1.807, 2.05) is 0 Å². The lowest BCUT2D eigenvalue weighted by atomic mass is 9.94. The van der Waals surface area contributed by atoms with E-state index in [0.717, 1.165) is 0 Å². The monoisotopic (exact) mass is 398 g/mol. The first-order valence-corrected chi connectivity index (χ1v) is 8.70. The SMILES string of the molecule is C=CCN1C(=S)N[C@@H](c2c(F)cccc2Cl)C(C(=O)OCCOC)=C1C. The first-order chi connectivity index (χ1) is 12.4. The summed E-state index contributed by atoms with van der Waals surface area (Å²) in [6.07, 6.45) is 1.65. The summed E-state index contributed by atoms with van der Waals surface area (Å²) in [7, 11) is 1.51. The van der Waals surface area contributed by atoms with E-state index in [2.05, 4.69) is 11.9 Å². The number of carbonyl (C=O) groups is 1. The van der Waals surface area contributed by atoms with Crippen LogP contribution in [0.5, 0.6) is 0 Å². The Morgan fingerprint density at radius 2 is 2.23 bits per heavy atom. The summed E-state index contributed by atoms with van der Waals surface area (Å²) in [6, 6.07) is 3.49. The normalized spacial score (nSPS) is 17.2. The van der Waals surface area contributed by atoms with Crippen molar-refractivity contribution in [2.24, 2.45) is 0 Å². The number of benzene rings is 1. The minimum atomic E-state index is -0.854. The first-order valence-electron chi connectivity index (χ1n) is 7.92. The van der Waals surface area contributed by atoms with Gasteiger partial charge in [-0.05, 0) is 31.3 Å². The minimum Gasteiger partial charge on any atom is -0.460 e. The molecule has 0 spiro atoms. The molecule has 0 radical (unpaired) electrons. The molecule has 1 N–H and O–H groups in total. The number of hydrogen-bond donors (Lipinski definition) is 1. The maximum Gasteiger partial charge on any atom is 0.338 e. The van der Waals surface area contributed by atoms with Crippen LogP contribution in [0.4, 0.5) is 4.39 Å². The van der Waals surface area contributed by atoms with Crippen molar-refractivity contribution in [2.75, 3.05) is 26.9 Å². The van der Waals surface area contributed by atoms with Crippen molar-refractivity contribution >= 4 is 34.9 Å². The third-order valence-electron chi connectivity index (χ3n) is 3.94. The number of hydrogen-bond acceptors (Lipinski definition) is 4. The molecule has 1 aromatic rings. The van der Waals surface area contributed by atoms with Gasteiger partial charge in [0, 0.05) is 29.9 Å². The molecule has 0 fully saturated rings. The zero-order chi connectivity index (χ0) is 19.3. The molecule has 2 rings (SSSR count). The van der Waals surface area contributed by atoms with Crippen LogP contribution < -0.4 is 5.32 Å². The van der Waals surface area contributed by atoms with Crippen LogP contribution in [0.2, 0.25) is 5.02 Å². The van der Waals surface area contributed by atoms with Gasteiger partial charge in [0.05, 0.1) is 18.2 Å². The number of nitrogens with one attached hydrogen (secondary N) is 1. The van der Waals surface area contributed by atoms with Crippen molar-refractivity contribution in [3.63, 3.8) is 0 Å². The molecule has 0 amide bonds. The summed E-state index contributed by atoms with van der Waals surface area (Å²) in [4.78, 5) is 14.4. The topological polar surface area (TPSA) is 50.8 Å². The predicted molar refractivity (Wildman–Crippen MR) is 102 cm³/mol. The largest absolute Gasteiger partial charge is 0.460 e. The average Bonchev–Trinajstić information content (AvgIpc) is 2.58. The van der Waals surface area contributed by atoms with Gasteiger partial charge in [-0.2, -0.15) is 0 Å². The van der Waals surface area contributed by atoms with E-state index < -0.39 is 17.8 Å². The van der Waals surface area contributed by atoms with E-state index in [-0.39, 0.29) is 29.4 Å². The molecule has 26 heavy (non-hydrogen) atoms. The van der Waals surface area contributed by atoms with E-state index in [9.17, 15) is 9.18 Å². The van der Waals surface area contributed by atoms with E-state index in [0.29, 0.717) is 17.4 Å². The van der Waals surface area contributed by atoms with Crippen molar-refractivity contribution in [3.8, 4) is 0 Å². The molecule has 0 unspecified atom stereocenters. The lowest BCUT2D eigenvalue weighted by Crippen LogP contribution is -2.48. The molecule has 0 saturated heterocycles. The molecular weight excluding hydrogens is 379 g/mol. The van der Waals surface area contributed by atoms with Crippen LogP contribution in [-0.2, 0) is 14.3 Å². The highest BCUT2D eigenvalue weighted by molar-refractivity contribution is 7.80. The zero-order valence-corrected chi connectivity index (χ0v) is 16.1. The molecule has 5 nitrogen and oxygen atoms in total. The molecule has 0 aromatic heterocycles. The molecular formula is C18H20ClFN2O3S. The van der Waals surface area contributed by atoms with Gasteiger partial charge in [0.15, 0.2) is 5.11 Å². The Morgan fingerprint density at radius 1 is 1.50 bits per heavy atom. The van der Waals surface area contributed by atoms with Crippen molar-refractivity contribution < 1.29 is 18.7 Å². The van der Waals surface area contributed by atoms with Crippen LogP contribution in [-0.4, -0.2) is 42.8 Å². The highest BCUT2D eigenvalue weighted by atomic mass is 35.5. The fraction of sp³-hybridized carbons (Fsp3) is 0.333. The Morgan fingerprint density at radius 3 is 2.85 bits per heavy atom.